The SMILES string of the molecule is C[C@H](Sc1nnc(C2CCCCC2)n1N)C(=O)Nc1cc(Cl)cc(Cl)c1. The summed E-state index contributed by atoms with van der Waals surface area (Å²) in [6.07, 6.45) is 5.83. The molecule has 3 N–H and O–H groups in total. The van der Waals surface area contributed by atoms with Gasteiger partial charge < -0.3 is 11.2 Å². The lowest BCUT2D eigenvalue weighted by molar-refractivity contribution is -0.115. The second-order valence-electron chi connectivity index (χ2n) is 6.45. The summed E-state index contributed by atoms with van der Waals surface area (Å²) in [5.41, 5.74) is 0.553. The van der Waals surface area contributed by atoms with Crippen LogP contribution in [0.15, 0.2) is 23.4 Å². The first-order valence-electron chi connectivity index (χ1n) is 8.58. The maximum Gasteiger partial charge on any atom is 0.237 e. The smallest absolute Gasteiger partial charge is 0.237 e. The first kappa shape index (κ1) is 19.3. The monoisotopic (exact) mass is 413 g/mol. The van der Waals surface area contributed by atoms with Crippen LogP contribution in [0, 0.1) is 0 Å². The van der Waals surface area contributed by atoms with Crippen LogP contribution in [0.25, 0.3) is 0 Å². The summed E-state index contributed by atoms with van der Waals surface area (Å²) in [7, 11) is 0. The van der Waals surface area contributed by atoms with Crippen molar-refractivity contribution >= 4 is 46.6 Å². The molecule has 0 saturated heterocycles. The van der Waals surface area contributed by atoms with Crippen molar-refractivity contribution < 1.29 is 4.79 Å². The van der Waals surface area contributed by atoms with Crippen molar-refractivity contribution in [1.82, 2.24) is 14.9 Å². The predicted molar refractivity (Wildman–Crippen MR) is 106 cm³/mol. The number of nitrogens with two attached hydrogens (primary N) is 1. The van der Waals surface area contributed by atoms with Gasteiger partial charge in [-0.1, -0.05) is 54.2 Å². The number of hydrogen-bond donors (Lipinski definition) is 2. The van der Waals surface area contributed by atoms with Crippen molar-refractivity contribution in [3.05, 3.63) is 34.1 Å². The standard InChI is InChI=1S/C17H21Cl2N5OS/c1-10(16(25)21-14-8-12(18)7-13(19)9-14)26-17-23-22-15(24(17)20)11-5-3-2-4-6-11/h7-11H,2-6,20H2,1H3,(H,21,25)/t10-/m0/s1. The molecule has 1 aromatic carbocycles. The minimum atomic E-state index is -0.404. The van der Waals surface area contributed by atoms with Crippen molar-refractivity contribution in [1.29, 1.82) is 0 Å². The van der Waals surface area contributed by atoms with Gasteiger partial charge in [0.15, 0.2) is 5.82 Å². The van der Waals surface area contributed by atoms with Crippen LogP contribution in [0.3, 0.4) is 0 Å². The summed E-state index contributed by atoms with van der Waals surface area (Å²) in [5, 5.41) is 12.3. The maximum atomic E-state index is 12.4. The summed E-state index contributed by atoms with van der Waals surface area (Å²) in [6.45, 7) is 1.79. The molecule has 0 aliphatic heterocycles. The van der Waals surface area contributed by atoms with E-state index in [1.54, 1.807) is 25.1 Å². The van der Waals surface area contributed by atoms with Gasteiger partial charge in [-0.3, -0.25) is 4.79 Å². The van der Waals surface area contributed by atoms with Crippen molar-refractivity contribution in [2.45, 2.75) is 55.4 Å². The number of nitrogens with zero attached hydrogens (tertiary/aromatic N) is 3. The molecule has 140 valence electrons. The molecule has 1 fully saturated rings. The second-order valence-corrected chi connectivity index (χ2v) is 8.63. The third kappa shape index (κ3) is 4.64. The molecule has 0 bridgehead atoms. The molecule has 0 radical (unpaired) electrons. The Labute approximate surface area is 166 Å². The number of nitrogen functional groups attached to an aromatic ring is 1. The van der Waals surface area contributed by atoms with Crippen LogP contribution in [-0.4, -0.2) is 26.0 Å². The van der Waals surface area contributed by atoms with Crippen molar-refractivity contribution in [2.75, 3.05) is 11.2 Å². The van der Waals surface area contributed by atoms with Crippen LogP contribution < -0.4 is 11.2 Å². The lowest BCUT2D eigenvalue weighted by Gasteiger charge is -2.20. The zero-order valence-electron chi connectivity index (χ0n) is 14.4. The minimum absolute atomic E-state index is 0.185. The Kier molecular flexibility index (Phi) is 6.32. The van der Waals surface area contributed by atoms with Crippen LogP contribution in [-0.2, 0) is 4.79 Å². The van der Waals surface area contributed by atoms with Crippen molar-refractivity contribution in [3.63, 3.8) is 0 Å². The van der Waals surface area contributed by atoms with Gasteiger partial charge in [-0.25, -0.2) is 4.68 Å². The third-order valence-corrected chi connectivity index (χ3v) is 5.94. The first-order chi connectivity index (χ1) is 12.4. The number of carbonyl (C=O) groups is 1. The normalized spacial score (nSPS) is 16.4. The van der Waals surface area contributed by atoms with Gasteiger partial charge in [0.2, 0.25) is 11.1 Å². The highest BCUT2D eigenvalue weighted by Crippen LogP contribution is 2.33. The highest BCUT2D eigenvalue weighted by Gasteiger charge is 2.24. The van der Waals surface area contributed by atoms with Gasteiger partial charge in [-0.15, -0.1) is 10.2 Å². The lowest BCUT2D eigenvalue weighted by atomic mass is 9.89. The Morgan fingerprint density at radius 1 is 1.23 bits per heavy atom. The van der Waals surface area contributed by atoms with E-state index in [4.69, 9.17) is 29.0 Å². The van der Waals surface area contributed by atoms with E-state index in [1.165, 1.54) is 35.7 Å². The molecule has 1 aliphatic rings. The van der Waals surface area contributed by atoms with Crippen molar-refractivity contribution in [2.24, 2.45) is 0 Å². The number of carbonyl (C=O) groups excluding carboxylic acids is 1. The van der Waals surface area contributed by atoms with Gasteiger partial charge in [0.1, 0.15) is 0 Å². The summed E-state index contributed by atoms with van der Waals surface area (Å²) in [4.78, 5) is 12.4. The van der Waals surface area contributed by atoms with Gasteiger partial charge in [0, 0.05) is 21.7 Å². The van der Waals surface area contributed by atoms with Crippen molar-refractivity contribution in [3.8, 4) is 0 Å². The summed E-state index contributed by atoms with van der Waals surface area (Å²) in [6, 6.07) is 4.91. The van der Waals surface area contributed by atoms with E-state index in [0.29, 0.717) is 26.8 Å². The lowest BCUT2D eigenvalue weighted by Crippen LogP contribution is -2.24. The first-order valence-corrected chi connectivity index (χ1v) is 10.2. The van der Waals surface area contributed by atoms with E-state index >= 15 is 0 Å². The molecule has 26 heavy (non-hydrogen) atoms. The Bertz CT molecular complexity index is 771. The molecule has 0 unspecified atom stereocenters. The zero-order chi connectivity index (χ0) is 18.7. The van der Waals surface area contributed by atoms with E-state index in [1.807, 2.05) is 0 Å². The van der Waals surface area contributed by atoms with Crippen LogP contribution in [0.1, 0.15) is 50.8 Å². The van der Waals surface area contributed by atoms with E-state index in [9.17, 15) is 4.79 Å². The number of halogens is 2. The molecule has 1 atom stereocenters. The van der Waals surface area contributed by atoms with Gasteiger partial charge in [-0.2, -0.15) is 0 Å². The number of thioether (sulfide) groups is 1. The third-order valence-electron chi connectivity index (χ3n) is 4.44. The molecule has 1 aliphatic carbocycles. The quantitative estimate of drug-likeness (QED) is 0.557. The molecule has 3 rings (SSSR count). The van der Waals surface area contributed by atoms with E-state index in [0.717, 1.165) is 18.7 Å². The topological polar surface area (TPSA) is 85.8 Å². The number of aromatic nitrogens is 3. The Morgan fingerprint density at radius 3 is 2.54 bits per heavy atom. The highest BCUT2D eigenvalue weighted by atomic mass is 35.5. The molecule has 2 aromatic rings. The molecule has 6 nitrogen and oxygen atoms in total. The number of hydrogen-bond acceptors (Lipinski definition) is 5. The zero-order valence-corrected chi connectivity index (χ0v) is 16.7. The van der Waals surface area contributed by atoms with Gasteiger partial charge in [0.05, 0.1) is 5.25 Å². The number of benzene rings is 1. The van der Waals surface area contributed by atoms with E-state index < -0.39 is 5.25 Å². The molecule has 1 amide bonds. The van der Waals surface area contributed by atoms with E-state index in [2.05, 4.69) is 15.5 Å². The van der Waals surface area contributed by atoms with Gasteiger partial charge in [0.25, 0.3) is 0 Å². The number of nitrogens with one attached hydrogen (secondary N) is 1. The molecular formula is C17H21Cl2N5OS. The summed E-state index contributed by atoms with van der Waals surface area (Å²) >= 11 is 13.2. The fourth-order valence-corrected chi connectivity index (χ4v) is 4.39. The average Bonchev–Trinajstić information content (AvgIpc) is 2.95. The number of rotatable bonds is 5. The molecular weight excluding hydrogens is 393 g/mol. The van der Waals surface area contributed by atoms with Gasteiger partial charge >= 0.3 is 0 Å². The summed E-state index contributed by atoms with van der Waals surface area (Å²) < 4.78 is 1.53. The minimum Gasteiger partial charge on any atom is -0.336 e. The highest BCUT2D eigenvalue weighted by molar-refractivity contribution is 8.00. The van der Waals surface area contributed by atoms with Crippen LogP contribution in [0.5, 0.6) is 0 Å². The molecule has 1 saturated carbocycles. The van der Waals surface area contributed by atoms with Crippen LogP contribution in [0.2, 0.25) is 10.0 Å². The maximum absolute atomic E-state index is 12.4. The molecule has 1 heterocycles. The average molecular weight is 414 g/mol. The molecule has 9 heteroatoms. The fourth-order valence-electron chi connectivity index (χ4n) is 3.09. The van der Waals surface area contributed by atoms with E-state index in [-0.39, 0.29) is 5.91 Å². The fraction of sp³-hybridized carbons (Fsp3) is 0.471. The summed E-state index contributed by atoms with van der Waals surface area (Å²) in [5.74, 6) is 7.16. The number of anilines is 1. The Balaban J connectivity index is 1.64. The second kappa shape index (κ2) is 8.50. The predicted octanol–water partition coefficient (Wildman–Crippen LogP) is 4.47. The van der Waals surface area contributed by atoms with Gasteiger partial charge in [-0.05, 0) is 38.0 Å². The Hall–Kier alpha value is -1.44. The molecule has 0 spiro atoms. The van der Waals surface area contributed by atoms with Crippen LogP contribution in [0.4, 0.5) is 5.69 Å². The number of amides is 1. The largest absolute Gasteiger partial charge is 0.336 e. The molecule has 1 aromatic heterocycles. The van der Waals surface area contributed by atoms with Crippen LogP contribution >= 0.6 is 35.0 Å². The Morgan fingerprint density at radius 2 is 1.88 bits per heavy atom.